The van der Waals surface area contributed by atoms with Gasteiger partial charge in [0.2, 0.25) is 0 Å². The Morgan fingerprint density at radius 3 is 2.69 bits per heavy atom. The molecule has 3 aromatic rings. The van der Waals surface area contributed by atoms with Crippen LogP contribution in [0, 0.1) is 5.82 Å². The van der Waals surface area contributed by atoms with Crippen molar-refractivity contribution in [2.24, 2.45) is 0 Å². The van der Waals surface area contributed by atoms with Gasteiger partial charge < -0.3 is 14.8 Å². The first kappa shape index (κ1) is 17.0. The van der Waals surface area contributed by atoms with Crippen LogP contribution >= 0.6 is 0 Å². The molecule has 0 amide bonds. The maximum atomic E-state index is 12.9. The number of halogens is 1. The van der Waals surface area contributed by atoms with Crippen molar-refractivity contribution in [2.45, 2.75) is 25.0 Å². The van der Waals surface area contributed by atoms with Gasteiger partial charge in [0.05, 0.1) is 17.4 Å². The minimum atomic E-state index is -0.835. The lowest BCUT2D eigenvalue weighted by atomic mass is 9.92. The number of H-pyrrole nitrogens is 1. The largest absolute Gasteiger partial charge is 0.491 e. The number of piperidine rings is 1. The molecule has 2 N–H and O–H groups in total. The maximum absolute atomic E-state index is 12.9. The van der Waals surface area contributed by atoms with Crippen LogP contribution < -0.4 is 4.74 Å². The quantitative estimate of drug-likeness (QED) is 0.738. The molecule has 26 heavy (non-hydrogen) atoms. The molecule has 0 bridgehead atoms. The third kappa shape index (κ3) is 3.86. The maximum Gasteiger partial charge on any atom is 0.123 e. The first-order valence-electron chi connectivity index (χ1n) is 8.85. The Bertz CT molecular complexity index is 870. The van der Waals surface area contributed by atoms with Crippen LogP contribution in [0.2, 0.25) is 0 Å². The lowest BCUT2D eigenvalue weighted by molar-refractivity contribution is -0.0537. The smallest absolute Gasteiger partial charge is 0.123 e. The summed E-state index contributed by atoms with van der Waals surface area (Å²) >= 11 is 0. The van der Waals surface area contributed by atoms with Crippen molar-refractivity contribution in [1.29, 1.82) is 0 Å². The van der Waals surface area contributed by atoms with Crippen molar-refractivity contribution < 1.29 is 14.2 Å². The Morgan fingerprint density at radius 1 is 1.15 bits per heavy atom. The molecule has 2 aromatic carbocycles. The summed E-state index contributed by atoms with van der Waals surface area (Å²) in [5.74, 6) is 0.285. The van der Waals surface area contributed by atoms with Crippen molar-refractivity contribution in [3.8, 4) is 5.75 Å². The van der Waals surface area contributed by atoms with E-state index in [-0.39, 0.29) is 12.4 Å². The molecular formula is C20H22FN3O2. The molecule has 0 spiro atoms. The molecular weight excluding hydrogens is 333 g/mol. The van der Waals surface area contributed by atoms with Gasteiger partial charge in [-0.3, -0.25) is 4.90 Å². The second kappa shape index (κ2) is 7.05. The highest BCUT2D eigenvalue weighted by molar-refractivity contribution is 5.74. The first-order valence-corrected chi connectivity index (χ1v) is 8.85. The average molecular weight is 355 g/mol. The number of hydrogen-bond donors (Lipinski definition) is 2. The van der Waals surface area contributed by atoms with Crippen molar-refractivity contribution in [2.75, 3.05) is 19.7 Å². The number of aromatic amines is 1. The predicted octanol–water partition coefficient (Wildman–Crippen LogP) is 3.11. The van der Waals surface area contributed by atoms with Gasteiger partial charge in [0.15, 0.2) is 0 Å². The fourth-order valence-corrected chi connectivity index (χ4v) is 3.36. The van der Waals surface area contributed by atoms with Crippen molar-refractivity contribution in [3.05, 3.63) is 60.2 Å². The summed E-state index contributed by atoms with van der Waals surface area (Å²) in [5, 5.41) is 10.7. The zero-order valence-electron chi connectivity index (χ0n) is 14.5. The lowest BCUT2D eigenvalue weighted by Gasteiger charge is -2.38. The van der Waals surface area contributed by atoms with Crippen LogP contribution in [0.25, 0.3) is 11.0 Å². The summed E-state index contributed by atoms with van der Waals surface area (Å²) in [4.78, 5) is 9.71. The van der Waals surface area contributed by atoms with E-state index in [9.17, 15) is 9.50 Å². The molecule has 1 saturated heterocycles. The van der Waals surface area contributed by atoms with E-state index in [1.165, 1.54) is 17.7 Å². The summed E-state index contributed by atoms with van der Waals surface area (Å²) in [6.45, 7) is 2.70. The van der Waals surface area contributed by atoms with E-state index in [1.807, 2.05) is 6.07 Å². The molecule has 1 aliphatic rings. The molecule has 1 aliphatic heterocycles. The third-order valence-electron chi connectivity index (χ3n) is 5.00. The van der Waals surface area contributed by atoms with E-state index >= 15 is 0 Å². The van der Waals surface area contributed by atoms with Gasteiger partial charge in [-0.2, -0.15) is 0 Å². The van der Waals surface area contributed by atoms with Crippen LogP contribution in [0.15, 0.2) is 48.8 Å². The second-order valence-electron chi connectivity index (χ2n) is 7.00. The van der Waals surface area contributed by atoms with E-state index in [1.54, 1.807) is 18.5 Å². The van der Waals surface area contributed by atoms with E-state index < -0.39 is 5.60 Å². The number of aliphatic hydroxyl groups is 1. The highest BCUT2D eigenvalue weighted by Crippen LogP contribution is 2.25. The Kier molecular flexibility index (Phi) is 4.61. The van der Waals surface area contributed by atoms with Gasteiger partial charge in [-0.05, 0) is 54.8 Å². The van der Waals surface area contributed by atoms with Crippen molar-refractivity contribution in [3.63, 3.8) is 0 Å². The predicted molar refractivity (Wildman–Crippen MR) is 97.4 cm³/mol. The monoisotopic (exact) mass is 355 g/mol. The molecule has 0 unspecified atom stereocenters. The number of nitrogens with zero attached hydrogens (tertiary/aromatic N) is 2. The number of fused-ring (bicyclic) bond motifs is 1. The molecule has 136 valence electrons. The van der Waals surface area contributed by atoms with Crippen LogP contribution in [-0.2, 0) is 6.54 Å². The Morgan fingerprint density at radius 2 is 1.92 bits per heavy atom. The number of nitrogens with one attached hydrogen (secondary N) is 1. The Labute approximate surface area is 151 Å². The highest BCUT2D eigenvalue weighted by atomic mass is 19.1. The lowest BCUT2D eigenvalue weighted by Crippen LogP contribution is -2.47. The molecule has 5 nitrogen and oxygen atoms in total. The minimum Gasteiger partial charge on any atom is -0.491 e. The number of ether oxygens (including phenoxy) is 1. The van der Waals surface area contributed by atoms with Gasteiger partial charge in [-0.25, -0.2) is 9.37 Å². The standard InChI is InChI=1S/C20H22FN3O2/c21-16-2-4-17(5-3-16)26-13-20(25)7-9-24(10-8-20)12-15-1-6-18-19(11-15)23-14-22-18/h1-6,11,14,25H,7-10,12-13H2,(H,22,23). The number of hydrogen-bond acceptors (Lipinski definition) is 4. The molecule has 0 saturated carbocycles. The van der Waals surface area contributed by atoms with Crippen LogP contribution in [-0.4, -0.2) is 45.3 Å². The summed E-state index contributed by atoms with van der Waals surface area (Å²) in [6.07, 6.45) is 3.01. The fourth-order valence-electron chi connectivity index (χ4n) is 3.36. The van der Waals surface area contributed by atoms with Gasteiger partial charge in [-0.15, -0.1) is 0 Å². The van der Waals surface area contributed by atoms with Crippen LogP contribution in [0.4, 0.5) is 4.39 Å². The fraction of sp³-hybridized carbons (Fsp3) is 0.350. The summed E-state index contributed by atoms with van der Waals surface area (Å²) in [7, 11) is 0. The first-order chi connectivity index (χ1) is 12.6. The molecule has 4 rings (SSSR count). The molecule has 2 heterocycles. The van der Waals surface area contributed by atoms with Crippen molar-refractivity contribution in [1.82, 2.24) is 14.9 Å². The molecule has 0 atom stereocenters. The van der Waals surface area contributed by atoms with E-state index in [0.29, 0.717) is 18.6 Å². The normalized spacial score (nSPS) is 17.5. The minimum absolute atomic E-state index is 0.229. The van der Waals surface area contributed by atoms with Gasteiger partial charge in [0, 0.05) is 19.6 Å². The van der Waals surface area contributed by atoms with E-state index in [4.69, 9.17) is 4.74 Å². The van der Waals surface area contributed by atoms with Gasteiger partial charge in [0.25, 0.3) is 0 Å². The zero-order chi connectivity index (χ0) is 18.0. The molecule has 6 heteroatoms. The van der Waals surface area contributed by atoms with Crippen LogP contribution in [0.5, 0.6) is 5.75 Å². The van der Waals surface area contributed by atoms with Gasteiger partial charge >= 0.3 is 0 Å². The van der Waals surface area contributed by atoms with Gasteiger partial charge in [-0.1, -0.05) is 6.07 Å². The Hall–Kier alpha value is -2.44. The number of aromatic nitrogens is 2. The average Bonchev–Trinajstić information content (AvgIpc) is 3.11. The van der Waals surface area contributed by atoms with Crippen LogP contribution in [0.1, 0.15) is 18.4 Å². The van der Waals surface area contributed by atoms with E-state index in [0.717, 1.165) is 30.7 Å². The Balaban J connectivity index is 1.30. The topological polar surface area (TPSA) is 61.4 Å². The van der Waals surface area contributed by atoms with Crippen LogP contribution in [0.3, 0.4) is 0 Å². The molecule has 1 fully saturated rings. The van der Waals surface area contributed by atoms with E-state index in [2.05, 4.69) is 27.0 Å². The highest BCUT2D eigenvalue weighted by Gasteiger charge is 2.33. The van der Waals surface area contributed by atoms with Crippen molar-refractivity contribution >= 4 is 11.0 Å². The number of benzene rings is 2. The SMILES string of the molecule is OC1(COc2ccc(F)cc2)CCN(Cc2ccc3nc[nH]c3c2)CC1. The number of rotatable bonds is 5. The zero-order valence-corrected chi connectivity index (χ0v) is 14.5. The number of imidazole rings is 1. The molecule has 1 aromatic heterocycles. The molecule has 0 aliphatic carbocycles. The number of likely N-dealkylation sites (tertiary alicyclic amines) is 1. The molecule has 0 radical (unpaired) electrons. The van der Waals surface area contributed by atoms with Gasteiger partial charge in [0.1, 0.15) is 23.8 Å². The summed E-state index contributed by atoms with van der Waals surface area (Å²) in [5.41, 5.74) is 2.41. The summed E-state index contributed by atoms with van der Waals surface area (Å²) in [6, 6.07) is 12.1. The second-order valence-corrected chi connectivity index (χ2v) is 7.00. The third-order valence-corrected chi connectivity index (χ3v) is 5.00. The summed E-state index contributed by atoms with van der Waals surface area (Å²) < 4.78 is 18.6.